The minimum Gasteiger partial charge on any atom is -0.448 e. The maximum Gasteiger partial charge on any atom is 0.257 e. The molecule has 2 aromatic carbocycles. The highest BCUT2D eigenvalue weighted by Gasteiger charge is 2.56. The Hall–Kier alpha value is -2.10. The van der Waals surface area contributed by atoms with E-state index >= 15 is 0 Å². The van der Waals surface area contributed by atoms with Crippen molar-refractivity contribution in [1.82, 2.24) is 0 Å². The van der Waals surface area contributed by atoms with Crippen LogP contribution in [0.1, 0.15) is 36.8 Å². The van der Waals surface area contributed by atoms with Crippen LogP contribution < -0.4 is 9.47 Å². The van der Waals surface area contributed by atoms with Gasteiger partial charge in [-0.25, -0.2) is 8.78 Å². The Morgan fingerprint density at radius 1 is 0.760 bits per heavy atom. The molecule has 1 fully saturated rings. The molecular formula is C21H20F2O2. The Morgan fingerprint density at radius 2 is 1.24 bits per heavy atom. The molecule has 1 spiro atoms. The zero-order valence-electron chi connectivity index (χ0n) is 13.9. The summed E-state index contributed by atoms with van der Waals surface area (Å²) in [5, 5.41) is 0. The molecule has 2 aliphatic heterocycles. The molecule has 2 heterocycles. The van der Waals surface area contributed by atoms with Gasteiger partial charge in [-0.2, -0.15) is 0 Å². The van der Waals surface area contributed by atoms with E-state index in [1.165, 1.54) is 12.1 Å². The summed E-state index contributed by atoms with van der Waals surface area (Å²) >= 11 is 0. The number of benzene rings is 2. The number of halogens is 2. The van der Waals surface area contributed by atoms with Crippen LogP contribution in [-0.2, 0) is 12.8 Å². The van der Waals surface area contributed by atoms with Gasteiger partial charge in [0, 0.05) is 11.8 Å². The Kier molecular flexibility index (Phi) is 3.31. The summed E-state index contributed by atoms with van der Waals surface area (Å²) in [6.45, 7) is 0. The molecule has 0 saturated heterocycles. The quantitative estimate of drug-likeness (QED) is 0.668. The molecule has 1 unspecified atom stereocenters. The van der Waals surface area contributed by atoms with Crippen LogP contribution in [0, 0.1) is 23.5 Å². The van der Waals surface area contributed by atoms with Crippen LogP contribution in [0.2, 0.25) is 0 Å². The monoisotopic (exact) mass is 342 g/mol. The van der Waals surface area contributed by atoms with Gasteiger partial charge in [-0.1, -0.05) is 37.1 Å². The van der Waals surface area contributed by atoms with Gasteiger partial charge >= 0.3 is 0 Å². The zero-order valence-corrected chi connectivity index (χ0v) is 13.9. The second kappa shape index (κ2) is 5.45. The van der Waals surface area contributed by atoms with Crippen molar-refractivity contribution in [3.63, 3.8) is 0 Å². The predicted octanol–water partition coefficient (Wildman–Crippen LogP) is 5.04. The maximum absolute atomic E-state index is 14.4. The third-order valence-corrected chi connectivity index (χ3v) is 6.05. The molecule has 3 aliphatic rings. The largest absolute Gasteiger partial charge is 0.448 e. The normalized spacial score (nSPS) is 29.8. The predicted molar refractivity (Wildman–Crippen MR) is 89.6 cm³/mol. The van der Waals surface area contributed by atoms with E-state index in [4.69, 9.17) is 9.47 Å². The molecular weight excluding hydrogens is 322 g/mol. The van der Waals surface area contributed by atoms with Crippen molar-refractivity contribution in [2.24, 2.45) is 11.8 Å². The van der Waals surface area contributed by atoms with Crippen molar-refractivity contribution in [2.75, 3.05) is 0 Å². The van der Waals surface area contributed by atoms with Crippen LogP contribution in [-0.4, -0.2) is 5.79 Å². The Morgan fingerprint density at radius 3 is 1.72 bits per heavy atom. The van der Waals surface area contributed by atoms with Crippen LogP contribution in [0.25, 0.3) is 0 Å². The average molecular weight is 342 g/mol. The number of ether oxygens (including phenoxy) is 2. The van der Waals surface area contributed by atoms with Gasteiger partial charge in [0.2, 0.25) is 0 Å². The first-order chi connectivity index (χ1) is 12.2. The molecule has 130 valence electrons. The molecule has 4 heteroatoms. The minimum absolute atomic E-state index is 0.113. The highest BCUT2D eigenvalue weighted by atomic mass is 19.1. The van der Waals surface area contributed by atoms with Gasteiger partial charge in [-0.05, 0) is 48.9 Å². The van der Waals surface area contributed by atoms with Crippen LogP contribution in [0.5, 0.6) is 11.5 Å². The van der Waals surface area contributed by atoms with Crippen LogP contribution in [0.15, 0.2) is 36.4 Å². The summed E-state index contributed by atoms with van der Waals surface area (Å²) < 4.78 is 41.4. The van der Waals surface area contributed by atoms with E-state index in [-0.39, 0.29) is 35.0 Å². The van der Waals surface area contributed by atoms with Crippen molar-refractivity contribution < 1.29 is 18.3 Å². The summed E-state index contributed by atoms with van der Waals surface area (Å²) in [7, 11) is 0. The minimum atomic E-state index is -0.957. The van der Waals surface area contributed by atoms with Crippen molar-refractivity contribution >= 4 is 0 Å². The fraction of sp³-hybridized carbons (Fsp3) is 0.429. The highest BCUT2D eigenvalue weighted by Crippen LogP contribution is 2.52. The molecule has 0 N–H and O–H groups in total. The van der Waals surface area contributed by atoms with Crippen LogP contribution >= 0.6 is 0 Å². The molecule has 0 aromatic heterocycles. The van der Waals surface area contributed by atoms with Gasteiger partial charge in [-0.15, -0.1) is 0 Å². The van der Waals surface area contributed by atoms with E-state index in [2.05, 4.69) is 0 Å². The Balaban J connectivity index is 1.66. The zero-order chi connectivity index (χ0) is 17.0. The molecule has 0 radical (unpaired) electrons. The van der Waals surface area contributed by atoms with E-state index in [0.29, 0.717) is 12.8 Å². The molecule has 25 heavy (non-hydrogen) atoms. The number of fused-ring (bicyclic) bond motifs is 2. The summed E-state index contributed by atoms with van der Waals surface area (Å²) in [4.78, 5) is 0. The van der Waals surface area contributed by atoms with E-state index in [0.717, 1.165) is 36.8 Å². The van der Waals surface area contributed by atoms with E-state index in [9.17, 15) is 8.78 Å². The topological polar surface area (TPSA) is 18.5 Å². The average Bonchev–Trinajstić information content (AvgIpc) is 2.78. The van der Waals surface area contributed by atoms with Gasteiger partial charge in [0.15, 0.2) is 23.1 Å². The first-order valence-electron chi connectivity index (χ1n) is 9.10. The molecule has 1 aliphatic carbocycles. The molecule has 2 nitrogen and oxygen atoms in total. The molecule has 0 amide bonds. The molecule has 5 rings (SSSR count). The summed E-state index contributed by atoms with van der Waals surface area (Å²) in [6, 6.07) is 10.1. The molecule has 3 atom stereocenters. The van der Waals surface area contributed by atoms with Crippen molar-refractivity contribution in [2.45, 2.75) is 44.3 Å². The lowest BCUT2D eigenvalue weighted by molar-refractivity contribution is -0.212. The lowest BCUT2D eigenvalue weighted by Gasteiger charge is -2.50. The summed E-state index contributed by atoms with van der Waals surface area (Å²) in [5.74, 6) is -0.895. The van der Waals surface area contributed by atoms with E-state index in [1.54, 1.807) is 12.1 Å². The highest BCUT2D eigenvalue weighted by molar-refractivity contribution is 5.42. The molecule has 2 aromatic rings. The van der Waals surface area contributed by atoms with E-state index < -0.39 is 5.79 Å². The second-order valence-electron chi connectivity index (χ2n) is 7.47. The fourth-order valence-electron chi connectivity index (χ4n) is 4.87. The van der Waals surface area contributed by atoms with Crippen molar-refractivity contribution in [3.05, 3.63) is 59.2 Å². The lowest BCUT2D eigenvalue weighted by Crippen LogP contribution is -2.59. The molecule has 1 saturated carbocycles. The number of rotatable bonds is 0. The smallest absolute Gasteiger partial charge is 0.257 e. The van der Waals surface area contributed by atoms with E-state index in [1.807, 2.05) is 12.1 Å². The summed E-state index contributed by atoms with van der Waals surface area (Å²) in [5.41, 5.74) is 1.78. The fourth-order valence-corrected chi connectivity index (χ4v) is 4.87. The Bertz CT molecular complexity index is 763. The first-order valence-corrected chi connectivity index (χ1v) is 9.10. The molecule has 0 bridgehead atoms. The third kappa shape index (κ3) is 2.19. The van der Waals surface area contributed by atoms with Gasteiger partial charge in [0.25, 0.3) is 5.79 Å². The van der Waals surface area contributed by atoms with Gasteiger partial charge in [0.05, 0.1) is 0 Å². The van der Waals surface area contributed by atoms with Crippen LogP contribution in [0.4, 0.5) is 8.78 Å². The third-order valence-electron chi connectivity index (χ3n) is 6.05. The van der Waals surface area contributed by atoms with Gasteiger partial charge in [-0.3, -0.25) is 0 Å². The SMILES string of the molecule is Fc1cccc2c1OC13Oc4c(F)cccc4C[C@@H]1CCCC[C@@H]3C2. The Labute approximate surface area is 145 Å². The maximum atomic E-state index is 14.4. The standard InChI is InChI=1S/C21H20F2O2/c22-17-9-3-5-13-11-15-7-1-2-8-16-12-14-6-4-10-18(23)20(14)25-21(15,16)24-19(13)17/h3-6,9-10,15-16H,1-2,7-8,11-12H2/t15-,16+,21?. The lowest BCUT2D eigenvalue weighted by atomic mass is 9.75. The van der Waals surface area contributed by atoms with Crippen molar-refractivity contribution in [3.8, 4) is 11.5 Å². The second-order valence-corrected chi connectivity index (χ2v) is 7.47. The van der Waals surface area contributed by atoms with Gasteiger partial charge in [0.1, 0.15) is 0 Å². The summed E-state index contributed by atoms with van der Waals surface area (Å²) in [6.07, 6.45) is 5.53. The van der Waals surface area contributed by atoms with Gasteiger partial charge < -0.3 is 9.47 Å². The number of hydrogen-bond acceptors (Lipinski definition) is 2. The first kappa shape index (κ1) is 15.2. The number of para-hydroxylation sites is 2. The number of hydrogen-bond donors (Lipinski definition) is 0. The van der Waals surface area contributed by atoms with Crippen molar-refractivity contribution in [1.29, 1.82) is 0 Å². The van der Waals surface area contributed by atoms with Crippen LogP contribution in [0.3, 0.4) is 0 Å².